The molecule has 0 fully saturated rings. The van der Waals surface area contributed by atoms with Crippen molar-refractivity contribution < 1.29 is 24.5 Å². The number of aliphatic hydroxyl groups excluding tert-OH is 2. The van der Waals surface area contributed by atoms with Gasteiger partial charge in [-0.15, -0.1) is 0 Å². The van der Waals surface area contributed by atoms with Gasteiger partial charge in [-0.05, 0) is 83.5 Å². The van der Waals surface area contributed by atoms with E-state index < -0.39 is 12.1 Å². The van der Waals surface area contributed by atoms with Crippen LogP contribution < -0.4 is 5.32 Å². The maximum absolute atomic E-state index is 12.4. The van der Waals surface area contributed by atoms with Gasteiger partial charge in [-0.2, -0.15) is 0 Å². The minimum Gasteiger partial charge on any atom is -0.466 e. The van der Waals surface area contributed by atoms with Gasteiger partial charge in [0.15, 0.2) is 0 Å². The maximum Gasteiger partial charge on any atom is 0.305 e. The van der Waals surface area contributed by atoms with Gasteiger partial charge in [0.25, 0.3) is 0 Å². The lowest BCUT2D eigenvalue weighted by atomic mass is 10.0. The molecule has 6 heteroatoms. The molecule has 0 aliphatic carbocycles. The fourth-order valence-corrected chi connectivity index (χ4v) is 11.7. The fraction of sp³-hybridized carbons (Fsp3) is 0.895. The number of esters is 1. The Morgan fingerprint density at radius 2 is 0.573 bits per heavy atom. The largest absolute Gasteiger partial charge is 0.466 e. The van der Waals surface area contributed by atoms with Crippen molar-refractivity contribution in [2.45, 2.75) is 424 Å². The number of carbonyl (C=O) groups is 2. The van der Waals surface area contributed by atoms with Crippen molar-refractivity contribution in [3.05, 3.63) is 36.5 Å². The number of unbranched alkanes of at least 4 members (excludes halogenated alkanes) is 55. The van der Waals surface area contributed by atoms with Gasteiger partial charge in [-0.3, -0.25) is 9.59 Å². The van der Waals surface area contributed by atoms with E-state index in [9.17, 15) is 19.8 Å². The van der Waals surface area contributed by atoms with Gasteiger partial charge in [0.2, 0.25) is 5.91 Å². The smallest absolute Gasteiger partial charge is 0.305 e. The Balaban J connectivity index is 3.30. The predicted octanol–water partition coefficient (Wildman–Crippen LogP) is 24.3. The molecule has 3 N–H and O–H groups in total. The molecule has 0 rings (SSSR count). The molecule has 0 bridgehead atoms. The van der Waals surface area contributed by atoms with E-state index in [2.05, 4.69) is 43.5 Å². The van der Waals surface area contributed by atoms with Gasteiger partial charge in [0.1, 0.15) is 0 Å². The zero-order valence-electron chi connectivity index (χ0n) is 55.5. The molecule has 0 spiro atoms. The van der Waals surface area contributed by atoms with Gasteiger partial charge >= 0.3 is 5.97 Å². The second-order valence-corrected chi connectivity index (χ2v) is 25.6. The summed E-state index contributed by atoms with van der Waals surface area (Å²) in [5, 5.41) is 23.0. The molecule has 6 nitrogen and oxygen atoms in total. The summed E-state index contributed by atoms with van der Waals surface area (Å²) in [4.78, 5) is 24.5. The summed E-state index contributed by atoms with van der Waals surface area (Å²) in [6, 6.07) is -0.622. The number of ether oxygens (including phenoxy) is 1. The number of rotatable bonds is 70. The molecule has 0 saturated heterocycles. The van der Waals surface area contributed by atoms with Crippen LogP contribution in [0.3, 0.4) is 0 Å². The van der Waals surface area contributed by atoms with Crippen LogP contribution in [-0.2, 0) is 14.3 Å². The highest BCUT2D eigenvalue weighted by Crippen LogP contribution is 2.19. The van der Waals surface area contributed by atoms with Gasteiger partial charge in [-0.25, -0.2) is 0 Å². The topological polar surface area (TPSA) is 95.9 Å². The van der Waals surface area contributed by atoms with E-state index in [1.165, 1.54) is 347 Å². The van der Waals surface area contributed by atoms with Gasteiger partial charge < -0.3 is 20.3 Å². The third kappa shape index (κ3) is 67.2. The summed E-state index contributed by atoms with van der Waals surface area (Å²) in [5.41, 5.74) is 0. The Morgan fingerprint density at radius 1 is 0.329 bits per heavy atom. The summed E-state index contributed by atoms with van der Waals surface area (Å²) in [5.74, 6) is -0.0440. The molecule has 0 saturated carbocycles. The molecule has 1 amide bonds. The van der Waals surface area contributed by atoms with E-state index in [0.717, 1.165) is 38.5 Å². The Morgan fingerprint density at radius 3 is 0.866 bits per heavy atom. The standard InChI is InChI=1S/C76H145NO5/c1-3-5-7-9-11-13-14-15-16-17-37-41-44-47-50-54-58-62-66-70-76(81)82-71-67-63-59-55-51-48-45-42-39-36-34-32-30-28-26-24-22-20-18-19-21-23-25-27-29-31-33-35-38-40-43-46-49-53-57-61-65-69-75(80)77-73(72-78)74(79)68-64-60-56-52-12-10-8-6-4-2/h15-16,18,20,64,68,73-74,78-79H,3-14,17,19,21-63,65-67,69-72H2,1-2H3,(H,77,80)/b16-15-,20-18-,68-64+. The van der Waals surface area contributed by atoms with Crippen molar-refractivity contribution in [3.63, 3.8) is 0 Å². The number of hydrogen-bond acceptors (Lipinski definition) is 5. The predicted molar refractivity (Wildman–Crippen MR) is 361 cm³/mol. The lowest BCUT2D eigenvalue weighted by Gasteiger charge is -2.20. The maximum atomic E-state index is 12.4. The van der Waals surface area contributed by atoms with E-state index in [4.69, 9.17) is 4.74 Å². The number of amides is 1. The first-order valence-corrected chi connectivity index (χ1v) is 37.3. The van der Waals surface area contributed by atoms with Crippen LogP contribution in [0.5, 0.6) is 0 Å². The fourth-order valence-electron chi connectivity index (χ4n) is 11.7. The summed E-state index contributed by atoms with van der Waals surface area (Å²) in [7, 11) is 0. The zero-order chi connectivity index (χ0) is 59.2. The monoisotopic (exact) mass is 1150 g/mol. The molecule has 0 aromatic carbocycles. The number of carbonyl (C=O) groups excluding carboxylic acids is 2. The van der Waals surface area contributed by atoms with E-state index in [0.29, 0.717) is 19.4 Å². The van der Waals surface area contributed by atoms with Crippen LogP contribution in [0.1, 0.15) is 412 Å². The number of aliphatic hydroxyl groups is 2. The van der Waals surface area contributed by atoms with Crippen molar-refractivity contribution in [3.8, 4) is 0 Å². The van der Waals surface area contributed by atoms with Crippen molar-refractivity contribution in [2.24, 2.45) is 0 Å². The van der Waals surface area contributed by atoms with Crippen molar-refractivity contribution in [1.29, 1.82) is 0 Å². The van der Waals surface area contributed by atoms with Crippen molar-refractivity contribution >= 4 is 11.9 Å². The van der Waals surface area contributed by atoms with E-state index in [1.54, 1.807) is 6.08 Å². The summed E-state index contributed by atoms with van der Waals surface area (Å²) >= 11 is 0. The lowest BCUT2D eigenvalue weighted by Crippen LogP contribution is -2.45. The Hall–Kier alpha value is -1.92. The second-order valence-electron chi connectivity index (χ2n) is 25.6. The van der Waals surface area contributed by atoms with Crippen molar-refractivity contribution in [1.82, 2.24) is 5.32 Å². The highest BCUT2D eigenvalue weighted by atomic mass is 16.5. The average Bonchev–Trinajstić information content (AvgIpc) is 3.48. The molecule has 2 unspecified atom stereocenters. The Labute approximate surface area is 513 Å². The first-order valence-electron chi connectivity index (χ1n) is 37.3. The Kier molecular flexibility index (Phi) is 69.9. The molecule has 0 aromatic rings. The third-order valence-corrected chi connectivity index (χ3v) is 17.4. The number of allylic oxidation sites excluding steroid dienone is 5. The summed E-state index contributed by atoms with van der Waals surface area (Å²) in [6.45, 7) is 4.90. The molecule has 0 aliphatic rings. The van der Waals surface area contributed by atoms with E-state index in [-0.39, 0.29) is 18.5 Å². The minimum atomic E-state index is -0.839. The lowest BCUT2D eigenvalue weighted by molar-refractivity contribution is -0.143. The molecular formula is C76H145NO5. The number of hydrogen-bond donors (Lipinski definition) is 3. The van der Waals surface area contributed by atoms with E-state index in [1.807, 2.05) is 6.08 Å². The SMILES string of the molecule is CCCCCCCC/C=C\CCCCCCCCCCCC(=O)OCCCCCCCCCCCCCCCCCC/C=C\CCCCCCCCCCCCCCCCCCCC(=O)NC(CO)C(O)/C=C/CCCCCCCCC. The molecular weight excluding hydrogens is 1010 g/mol. The van der Waals surface area contributed by atoms with Crippen LogP contribution >= 0.6 is 0 Å². The summed E-state index contributed by atoms with van der Waals surface area (Å²) < 4.78 is 5.52. The van der Waals surface area contributed by atoms with Gasteiger partial charge in [0, 0.05) is 12.8 Å². The first-order chi connectivity index (χ1) is 40.5. The zero-order valence-corrected chi connectivity index (χ0v) is 55.5. The van der Waals surface area contributed by atoms with Crippen LogP contribution in [0.25, 0.3) is 0 Å². The first kappa shape index (κ1) is 80.1. The Bertz CT molecular complexity index is 1330. The molecule has 0 aromatic heterocycles. The quantitative estimate of drug-likeness (QED) is 0.0320. The van der Waals surface area contributed by atoms with Gasteiger partial charge in [-0.1, -0.05) is 352 Å². The van der Waals surface area contributed by atoms with Crippen LogP contribution in [-0.4, -0.2) is 47.4 Å². The molecule has 0 heterocycles. The number of nitrogens with one attached hydrogen (secondary N) is 1. The van der Waals surface area contributed by atoms with Crippen LogP contribution in [0.2, 0.25) is 0 Å². The van der Waals surface area contributed by atoms with Gasteiger partial charge in [0.05, 0.1) is 25.4 Å². The summed E-state index contributed by atoms with van der Waals surface area (Å²) in [6.07, 6.45) is 92.7. The molecule has 2 atom stereocenters. The second kappa shape index (κ2) is 71.6. The van der Waals surface area contributed by atoms with Crippen LogP contribution in [0.4, 0.5) is 0 Å². The minimum absolute atomic E-state index is 0.0213. The third-order valence-electron chi connectivity index (χ3n) is 17.4. The van der Waals surface area contributed by atoms with E-state index >= 15 is 0 Å². The molecule has 484 valence electrons. The molecule has 0 radical (unpaired) electrons. The molecule has 82 heavy (non-hydrogen) atoms. The highest BCUT2D eigenvalue weighted by molar-refractivity contribution is 5.76. The normalized spacial score (nSPS) is 12.7. The van der Waals surface area contributed by atoms with Crippen LogP contribution in [0.15, 0.2) is 36.5 Å². The molecule has 0 aliphatic heterocycles. The average molecular weight is 1150 g/mol. The van der Waals surface area contributed by atoms with Crippen LogP contribution in [0, 0.1) is 0 Å². The van der Waals surface area contributed by atoms with Crippen molar-refractivity contribution in [2.75, 3.05) is 13.2 Å². The highest BCUT2D eigenvalue weighted by Gasteiger charge is 2.18.